The second kappa shape index (κ2) is 10.6. The van der Waals surface area contributed by atoms with Crippen molar-refractivity contribution in [3.05, 3.63) is 53.6 Å². The third-order valence-electron chi connectivity index (χ3n) is 7.06. The van der Waals surface area contributed by atoms with Crippen molar-refractivity contribution in [2.75, 3.05) is 19.0 Å². The van der Waals surface area contributed by atoms with Crippen LogP contribution in [0.5, 0.6) is 0 Å². The van der Waals surface area contributed by atoms with Crippen LogP contribution in [0.25, 0.3) is 0 Å². The fourth-order valence-corrected chi connectivity index (χ4v) is 5.36. The predicted molar refractivity (Wildman–Crippen MR) is 127 cm³/mol. The molecule has 1 aromatic rings. The number of aliphatic hydroxyl groups is 2. The van der Waals surface area contributed by atoms with Gasteiger partial charge in [0.25, 0.3) is 0 Å². The average Bonchev–Trinajstić information content (AvgIpc) is 3.20. The molecule has 0 heterocycles. The Hall–Kier alpha value is -1.58. The molecule has 3 rings (SSSR count). The molecule has 0 amide bonds. The zero-order chi connectivity index (χ0) is 21.7. The summed E-state index contributed by atoms with van der Waals surface area (Å²) in [6, 6.07) is 8.77. The van der Waals surface area contributed by atoms with Gasteiger partial charge in [0.05, 0.1) is 12.2 Å². The van der Waals surface area contributed by atoms with Gasteiger partial charge in [-0.3, -0.25) is 0 Å². The van der Waals surface area contributed by atoms with Gasteiger partial charge >= 0.3 is 0 Å². The summed E-state index contributed by atoms with van der Waals surface area (Å²) in [7, 11) is 4.16. The first-order valence-electron chi connectivity index (χ1n) is 11.9. The first kappa shape index (κ1) is 23.1. The van der Waals surface area contributed by atoms with E-state index < -0.39 is 6.10 Å². The highest BCUT2D eigenvalue weighted by atomic mass is 16.3. The fourth-order valence-electron chi connectivity index (χ4n) is 5.36. The van der Waals surface area contributed by atoms with Crippen LogP contribution in [0, 0.1) is 23.7 Å². The normalized spacial score (nSPS) is 27.9. The number of unbranched alkanes of at least 4 members (excludes halogenated alkanes) is 1. The number of fused-ring (bicyclic) bond motifs is 1. The van der Waals surface area contributed by atoms with Gasteiger partial charge in [0.15, 0.2) is 0 Å². The second-order valence-corrected chi connectivity index (χ2v) is 9.91. The maximum Gasteiger partial charge on any atom is 0.0723 e. The molecular formula is C27H41NO2. The van der Waals surface area contributed by atoms with Crippen LogP contribution < -0.4 is 4.90 Å². The van der Waals surface area contributed by atoms with Gasteiger partial charge in [0.2, 0.25) is 0 Å². The molecule has 0 spiro atoms. The van der Waals surface area contributed by atoms with E-state index in [0.29, 0.717) is 17.8 Å². The third-order valence-corrected chi connectivity index (χ3v) is 7.06. The molecular weight excluding hydrogens is 370 g/mol. The summed E-state index contributed by atoms with van der Waals surface area (Å²) in [5.74, 6) is 1.66. The Morgan fingerprint density at radius 2 is 2.07 bits per heavy atom. The van der Waals surface area contributed by atoms with E-state index in [0.717, 1.165) is 25.7 Å². The predicted octanol–water partition coefficient (Wildman–Crippen LogP) is 5.37. The zero-order valence-corrected chi connectivity index (χ0v) is 19.3. The van der Waals surface area contributed by atoms with Crippen LogP contribution in [0.4, 0.5) is 5.69 Å². The van der Waals surface area contributed by atoms with Crippen LogP contribution >= 0.6 is 0 Å². The van der Waals surface area contributed by atoms with Crippen LogP contribution in [-0.4, -0.2) is 36.5 Å². The Morgan fingerprint density at radius 3 is 2.80 bits per heavy atom. The lowest BCUT2D eigenvalue weighted by atomic mass is 9.88. The van der Waals surface area contributed by atoms with Gasteiger partial charge < -0.3 is 15.1 Å². The molecule has 0 bridgehead atoms. The molecule has 0 aromatic heterocycles. The molecule has 1 fully saturated rings. The molecule has 1 aromatic carbocycles. The van der Waals surface area contributed by atoms with E-state index in [1.807, 2.05) is 6.08 Å². The molecule has 0 aliphatic heterocycles. The molecule has 30 heavy (non-hydrogen) atoms. The number of rotatable bonds is 10. The van der Waals surface area contributed by atoms with Crippen LogP contribution in [0.15, 0.2) is 48.1 Å². The Morgan fingerprint density at radius 1 is 1.27 bits per heavy atom. The van der Waals surface area contributed by atoms with Crippen molar-refractivity contribution in [3.63, 3.8) is 0 Å². The van der Waals surface area contributed by atoms with Crippen molar-refractivity contribution in [1.82, 2.24) is 0 Å². The highest BCUT2D eigenvalue weighted by molar-refractivity contribution is 5.48. The zero-order valence-electron chi connectivity index (χ0n) is 19.3. The Kier molecular flexibility index (Phi) is 8.19. The van der Waals surface area contributed by atoms with Crippen molar-refractivity contribution in [1.29, 1.82) is 0 Å². The first-order valence-corrected chi connectivity index (χ1v) is 11.9. The highest BCUT2D eigenvalue weighted by Crippen LogP contribution is 2.48. The lowest BCUT2D eigenvalue weighted by molar-refractivity contribution is 0.139. The van der Waals surface area contributed by atoms with Crippen LogP contribution in [-0.2, 0) is 6.42 Å². The third kappa shape index (κ3) is 5.98. The lowest BCUT2D eigenvalue weighted by Crippen LogP contribution is -2.18. The molecule has 2 aliphatic carbocycles. The molecule has 2 N–H and O–H groups in total. The minimum Gasteiger partial charge on any atom is -0.392 e. The number of hydrogen-bond acceptors (Lipinski definition) is 3. The van der Waals surface area contributed by atoms with Crippen molar-refractivity contribution >= 4 is 5.69 Å². The number of benzene rings is 1. The number of hydrogen-bond donors (Lipinski definition) is 2. The highest BCUT2D eigenvalue weighted by Gasteiger charge is 2.43. The van der Waals surface area contributed by atoms with E-state index in [1.54, 1.807) is 0 Å². The molecule has 6 atom stereocenters. The molecule has 2 aliphatic rings. The monoisotopic (exact) mass is 411 g/mol. The van der Waals surface area contributed by atoms with E-state index in [-0.39, 0.29) is 12.0 Å². The average molecular weight is 412 g/mol. The summed E-state index contributed by atoms with van der Waals surface area (Å²) >= 11 is 0. The smallest absolute Gasteiger partial charge is 0.0723 e. The topological polar surface area (TPSA) is 43.7 Å². The van der Waals surface area contributed by atoms with Crippen LogP contribution in [0.1, 0.15) is 57.9 Å². The van der Waals surface area contributed by atoms with Crippen molar-refractivity contribution in [2.24, 2.45) is 23.7 Å². The van der Waals surface area contributed by atoms with E-state index in [9.17, 15) is 10.2 Å². The summed E-state index contributed by atoms with van der Waals surface area (Å²) < 4.78 is 0. The molecule has 1 saturated carbocycles. The maximum absolute atomic E-state index is 10.6. The maximum atomic E-state index is 10.6. The van der Waals surface area contributed by atoms with Gasteiger partial charge in [-0.05, 0) is 61.1 Å². The van der Waals surface area contributed by atoms with Gasteiger partial charge in [-0.2, -0.15) is 0 Å². The number of nitrogens with zero attached hydrogens (tertiary/aromatic N) is 1. The van der Waals surface area contributed by atoms with Crippen LogP contribution in [0.2, 0.25) is 0 Å². The Balaban J connectivity index is 1.56. The summed E-state index contributed by atoms with van der Waals surface area (Å²) in [5.41, 5.74) is 4.10. The number of allylic oxidation sites excluding steroid dienone is 2. The summed E-state index contributed by atoms with van der Waals surface area (Å²) in [6.07, 6.45) is 13.2. The first-order chi connectivity index (χ1) is 14.4. The standard InChI is InChI=1S/C27H41NO2/c1-5-6-8-19(2)13-24(29)11-12-25-26-17-21(15-22(26)18-27(25)30)14-20-9-7-10-23(16-20)28(3)4/h7,9-12,15-16,19,22,24-27,29-30H,5-6,8,13-14,17-18H2,1-4H3/b12-11+/t19-,22-,24+,25+,26-,27+/m0/s1. The van der Waals surface area contributed by atoms with Crippen molar-refractivity contribution < 1.29 is 10.2 Å². The van der Waals surface area contributed by atoms with E-state index >= 15 is 0 Å². The SMILES string of the molecule is CCCC[C@H](C)C[C@H](O)/C=C/[C@@H]1[C@H]2CC(Cc3cccc(N(C)C)c3)=C[C@H]2C[C@H]1O. The molecule has 0 unspecified atom stereocenters. The van der Waals surface area contributed by atoms with E-state index in [4.69, 9.17) is 0 Å². The van der Waals surface area contributed by atoms with Gasteiger partial charge in [-0.25, -0.2) is 0 Å². The molecule has 0 radical (unpaired) electrons. The van der Waals surface area contributed by atoms with E-state index in [1.165, 1.54) is 36.1 Å². The molecule has 166 valence electrons. The lowest BCUT2D eigenvalue weighted by Gasteiger charge is -2.20. The summed E-state index contributed by atoms with van der Waals surface area (Å²) in [6.45, 7) is 4.44. The second-order valence-electron chi connectivity index (χ2n) is 9.91. The number of aliphatic hydroxyl groups excluding tert-OH is 2. The van der Waals surface area contributed by atoms with Crippen molar-refractivity contribution in [2.45, 2.75) is 71.0 Å². The van der Waals surface area contributed by atoms with Gasteiger partial charge in [0.1, 0.15) is 0 Å². The van der Waals surface area contributed by atoms with E-state index in [2.05, 4.69) is 69.3 Å². The minimum atomic E-state index is -0.397. The quantitative estimate of drug-likeness (QED) is 0.509. The summed E-state index contributed by atoms with van der Waals surface area (Å²) in [5, 5.41) is 21.0. The number of anilines is 1. The van der Waals surface area contributed by atoms with Crippen LogP contribution in [0.3, 0.4) is 0 Å². The van der Waals surface area contributed by atoms with Gasteiger partial charge in [-0.15, -0.1) is 0 Å². The molecule has 0 saturated heterocycles. The largest absolute Gasteiger partial charge is 0.392 e. The van der Waals surface area contributed by atoms with Gasteiger partial charge in [0, 0.05) is 25.7 Å². The van der Waals surface area contributed by atoms with Crippen molar-refractivity contribution in [3.8, 4) is 0 Å². The Bertz CT molecular complexity index is 738. The minimum absolute atomic E-state index is 0.164. The molecule has 3 heteroatoms. The fraction of sp³-hybridized carbons (Fsp3) is 0.630. The van der Waals surface area contributed by atoms with Gasteiger partial charge in [-0.1, -0.05) is 69.0 Å². The molecule has 3 nitrogen and oxygen atoms in total. The summed E-state index contributed by atoms with van der Waals surface area (Å²) in [4.78, 5) is 2.15. The Labute approximate surface area is 183 Å².